The van der Waals surface area contributed by atoms with Crippen molar-refractivity contribution < 1.29 is 9.84 Å². The molecule has 1 aliphatic carbocycles. The second kappa shape index (κ2) is 5.94. The Bertz CT molecular complexity index is 594. The summed E-state index contributed by atoms with van der Waals surface area (Å²) in [4.78, 5) is 4.55. The third-order valence-electron chi connectivity index (χ3n) is 3.61. The van der Waals surface area contributed by atoms with E-state index >= 15 is 0 Å². The number of thiazole rings is 1. The molecule has 0 spiro atoms. The van der Waals surface area contributed by atoms with E-state index in [2.05, 4.69) is 17.3 Å². The quantitative estimate of drug-likeness (QED) is 0.913. The Morgan fingerprint density at radius 2 is 2.35 bits per heavy atom. The number of ether oxygens (including phenoxy) is 1. The molecule has 0 saturated carbocycles. The van der Waals surface area contributed by atoms with E-state index in [0.717, 1.165) is 42.7 Å². The molecule has 1 heterocycles. The molecule has 1 unspecified atom stereocenters. The first-order chi connectivity index (χ1) is 9.76. The van der Waals surface area contributed by atoms with Crippen LogP contribution in [0.3, 0.4) is 0 Å². The minimum Gasteiger partial charge on any atom is -0.487 e. The number of aryl methyl sites for hydroxylation is 2. The van der Waals surface area contributed by atoms with Crippen molar-refractivity contribution >= 4 is 11.3 Å². The molecule has 1 atom stereocenters. The molecule has 0 bridgehead atoms. The van der Waals surface area contributed by atoms with Crippen LogP contribution in [0, 0.1) is 0 Å². The largest absolute Gasteiger partial charge is 0.487 e. The molecular weight excluding hydrogens is 270 g/mol. The van der Waals surface area contributed by atoms with Gasteiger partial charge in [-0.25, -0.2) is 4.98 Å². The summed E-state index contributed by atoms with van der Waals surface area (Å²) < 4.78 is 5.81. The topological polar surface area (TPSA) is 42.4 Å². The molecule has 2 aromatic rings. The molecule has 0 saturated heterocycles. The van der Waals surface area contributed by atoms with Gasteiger partial charge in [0.1, 0.15) is 12.4 Å². The van der Waals surface area contributed by atoms with Crippen LogP contribution in [-0.2, 0) is 19.4 Å². The van der Waals surface area contributed by atoms with Gasteiger partial charge in [-0.3, -0.25) is 0 Å². The summed E-state index contributed by atoms with van der Waals surface area (Å²) in [5.41, 5.74) is 3.26. The van der Waals surface area contributed by atoms with Gasteiger partial charge in [0.15, 0.2) is 0 Å². The highest BCUT2D eigenvalue weighted by molar-refractivity contribution is 7.09. The first-order valence-corrected chi connectivity index (χ1v) is 8.01. The highest BCUT2D eigenvalue weighted by Gasteiger charge is 2.20. The van der Waals surface area contributed by atoms with Gasteiger partial charge in [0, 0.05) is 5.38 Å². The molecule has 0 amide bonds. The third kappa shape index (κ3) is 2.86. The summed E-state index contributed by atoms with van der Waals surface area (Å²) in [7, 11) is 0. The van der Waals surface area contributed by atoms with Crippen LogP contribution in [0.25, 0.3) is 0 Å². The van der Waals surface area contributed by atoms with E-state index in [0.29, 0.717) is 6.61 Å². The second-order valence-corrected chi connectivity index (χ2v) is 6.13. The summed E-state index contributed by atoms with van der Waals surface area (Å²) in [6, 6.07) is 5.96. The van der Waals surface area contributed by atoms with Gasteiger partial charge < -0.3 is 9.84 Å². The maximum Gasteiger partial charge on any atom is 0.131 e. The lowest BCUT2D eigenvalue weighted by Crippen LogP contribution is -1.97. The predicted octanol–water partition coefficient (Wildman–Crippen LogP) is 3.65. The Morgan fingerprint density at radius 3 is 3.20 bits per heavy atom. The average Bonchev–Trinajstić information content (AvgIpc) is 3.04. The number of aromatic nitrogens is 1. The van der Waals surface area contributed by atoms with Crippen LogP contribution in [0.2, 0.25) is 0 Å². The van der Waals surface area contributed by atoms with Crippen molar-refractivity contribution in [3.8, 4) is 5.75 Å². The zero-order valence-electron chi connectivity index (χ0n) is 11.6. The summed E-state index contributed by atoms with van der Waals surface area (Å²) in [5, 5.41) is 13.0. The monoisotopic (exact) mass is 289 g/mol. The minimum absolute atomic E-state index is 0.297. The van der Waals surface area contributed by atoms with Crippen LogP contribution >= 0.6 is 11.3 Å². The van der Waals surface area contributed by atoms with E-state index < -0.39 is 0 Å². The fourth-order valence-corrected chi connectivity index (χ4v) is 3.45. The number of fused-ring (bicyclic) bond motifs is 1. The maximum atomic E-state index is 9.78. The van der Waals surface area contributed by atoms with Crippen LogP contribution in [0.4, 0.5) is 0 Å². The zero-order chi connectivity index (χ0) is 13.9. The van der Waals surface area contributed by atoms with E-state index in [1.54, 1.807) is 11.3 Å². The van der Waals surface area contributed by atoms with Crippen LogP contribution in [-0.4, -0.2) is 10.1 Å². The van der Waals surface area contributed by atoms with Crippen molar-refractivity contribution in [2.75, 3.05) is 0 Å². The second-order valence-electron chi connectivity index (χ2n) is 5.19. The smallest absolute Gasteiger partial charge is 0.131 e. The van der Waals surface area contributed by atoms with Crippen molar-refractivity contribution in [1.29, 1.82) is 0 Å². The number of aliphatic hydroxyl groups is 1. The number of hydrogen-bond donors (Lipinski definition) is 1. The molecule has 0 radical (unpaired) electrons. The normalized spacial score (nSPS) is 17.2. The van der Waals surface area contributed by atoms with Crippen molar-refractivity contribution in [3.63, 3.8) is 0 Å². The van der Waals surface area contributed by atoms with Crippen LogP contribution in [0.15, 0.2) is 23.6 Å². The van der Waals surface area contributed by atoms with Crippen LogP contribution in [0.1, 0.15) is 47.7 Å². The summed E-state index contributed by atoms with van der Waals surface area (Å²) in [6.45, 7) is 2.68. The number of hydrogen-bond acceptors (Lipinski definition) is 4. The van der Waals surface area contributed by atoms with E-state index in [-0.39, 0.29) is 6.10 Å². The average molecular weight is 289 g/mol. The van der Waals surface area contributed by atoms with Crippen molar-refractivity contribution in [2.24, 2.45) is 0 Å². The van der Waals surface area contributed by atoms with Gasteiger partial charge in [-0.15, -0.1) is 11.3 Å². The van der Waals surface area contributed by atoms with Crippen molar-refractivity contribution in [2.45, 2.75) is 45.3 Å². The Balaban J connectivity index is 1.63. The third-order valence-corrected chi connectivity index (χ3v) is 4.57. The molecule has 3 rings (SSSR count). The van der Waals surface area contributed by atoms with E-state index in [1.165, 1.54) is 10.6 Å². The SMILES string of the molecule is CCCc1nc(COc2ccc3c(c2)CCC3O)cs1. The molecule has 106 valence electrons. The molecule has 0 fully saturated rings. The molecule has 4 heteroatoms. The lowest BCUT2D eigenvalue weighted by atomic mass is 10.1. The van der Waals surface area contributed by atoms with Gasteiger partial charge in [0.05, 0.1) is 16.8 Å². The molecule has 1 aromatic heterocycles. The molecule has 0 aliphatic heterocycles. The Kier molecular flexibility index (Phi) is 4.03. The highest BCUT2D eigenvalue weighted by atomic mass is 32.1. The lowest BCUT2D eigenvalue weighted by molar-refractivity contribution is 0.180. The first-order valence-electron chi connectivity index (χ1n) is 7.13. The fourth-order valence-electron chi connectivity index (χ4n) is 2.56. The molecule has 1 N–H and O–H groups in total. The molecular formula is C16H19NO2S. The Labute approximate surface area is 123 Å². The van der Waals surface area contributed by atoms with Gasteiger partial charge in [0.2, 0.25) is 0 Å². The van der Waals surface area contributed by atoms with Crippen LogP contribution in [0.5, 0.6) is 5.75 Å². The minimum atomic E-state index is -0.297. The molecule has 20 heavy (non-hydrogen) atoms. The number of benzene rings is 1. The van der Waals surface area contributed by atoms with Gasteiger partial charge >= 0.3 is 0 Å². The van der Waals surface area contributed by atoms with E-state index in [4.69, 9.17) is 4.74 Å². The maximum absolute atomic E-state index is 9.78. The number of nitrogens with zero attached hydrogens (tertiary/aromatic N) is 1. The summed E-state index contributed by atoms with van der Waals surface area (Å²) in [5.74, 6) is 0.864. The summed E-state index contributed by atoms with van der Waals surface area (Å²) in [6.07, 6.45) is 3.63. The van der Waals surface area contributed by atoms with Crippen molar-refractivity contribution in [1.82, 2.24) is 4.98 Å². The van der Waals surface area contributed by atoms with E-state index in [9.17, 15) is 5.11 Å². The number of rotatable bonds is 5. The highest BCUT2D eigenvalue weighted by Crippen LogP contribution is 2.33. The van der Waals surface area contributed by atoms with Gasteiger partial charge in [-0.1, -0.05) is 13.0 Å². The van der Waals surface area contributed by atoms with E-state index in [1.807, 2.05) is 18.2 Å². The number of aliphatic hydroxyl groups excluding tert-OH is 1. The van der Waals surface area contributed by atoms with Crippen molar-refractivity contribution in [3.05, 3.63) is 45.4 Å². The molecule has 1 aromatic carbocycles. The lowest BCUT2D eigenvalue weighted by Gasteiger charge is -2.08. The van der Waals surface area contributed by atoms with Gasteiger partial charge in [0.25, 0.3) is 0 Å². The zero-order valence-corrected chi connectivity index (χ0v) is 12.4. The standard InChI is InChI=1S/C16H19NO2S/c1-2-3-16-17-12(10-20-16)9-19-13-5-6-14-11(8-13)4-7-15(14)18/h5-6,8,10,15,18H,2-4,7,9H2,1H3. The Hall–Kier alpha value is -1.39. The Morgan fingerprint density at radius 1 is 1.45 bits per heavy atom. The van der Waals surface area contributed by atoms with Gasteiger partial charge in [-0.2, -0.15) is 0 Å². The van der Waals surface area contributed by atoms with Gasteiger partial charge in [-0.05, 0) is 48.9 Å². The first kappa shape index (κ1) is 13.6. The molecule has 3 nitrogen and oxygen atoms in total. The fraction of sp³-hybridized carbons (Fsp3) is 0.438. The van der Waals surface area contributed by atoms with Crippen LogP contribution < -0.4 is 4.74 Å². The predicted molar refractivity (Wildman–Crippen MR) is 80.2 cm³/mol. The molecule has 1 aliphatic rings. The summed E-state index contributed by atoms with van der Waals surface area (Å²) >= 11 is 1.71.